The van der Waals surface area contributed by atoms with Crippen molar-refractivity contribution in [2.75, 3.05) is 0 Å². The number of rotatable bonds is 5. The van der Waals surface area contributed by atoms with E-state index in [2.05, 4.69) is 27.6 Å². The van der Waals surface area contributed by atoms with Gasteiger partial charge in [-0.15, -0.1) is 0 Å². The minimum absolute atomic E-state index is 0.0124. The molecule has 0 bridgehead atoms. The molecule has 1 saturated carbocycles. The summed E-state index contributed by atoms with van der Waals surface area (Å²) in [5.41, 5.74) is 0.591. The van der Waals surface area contributed by atoms with Crippen molar-refractivity contribution in [3.63, 3.8) is 0 Å². The molecule has 0 heterocycles. The molecule has 0 amide bonds. The van der Waals surface area contributed by atoms with Crippen molar-refractivity contribution in [1.29, 1.82) is 0 Å². The Labute approximate surface area is 135 Å². The molecule has 0 aliphatic heterocycles. The molecule has 6 heteroatoms. The molecule has 1 aliphatic carbocycles. The predicted molar refractivity (Wildman–Crippen MR) is 86.4 cm³/mol. The van der Waals surface area contributed by atoms with E-state index in [-0.39, 0.29) is 17.5 Å². The molecule has 0 spiro atoms. The molecule has 1 aromatic carbocycles. The standard InChI is InChI=1S/C15H22BrNO3S/c1-2-11-4-3-5-13(8-11)17-21(19,20)15-9-12(10-18)6-7-14(15)16/h6-7,9,11,13,17-18H,2-5,8,10H2,1H3. The molecule has 1 fully saturated rings. The third-order valence-electron chi connectivity index (χ3n) is 4.15. The number of aliphatic hydroxyl groups excluding tert-OH is 1. The fourth-order valence-corrected chi connectivity index (χ4v) is 5.20. The van der Waals surface area contributed by atoms with Crippen molar-refractivity contribution < 1.29 is 13.5 Å². The molecular formula is C15H22BrNO3S. The van der Waals surface area contributed by atoms with Gasteiger partial charge in [0.1, 0.15) is 0 Å². The van der Waals surface area contributed by atoms with Crippen LogP contribution in [0.4, 0.5) is 0 Å². The summed E-state index contributed by atoms with van der Waals surface area (Å²) in [7, 11) is -3.56. The molecule has 2 N–H and O–H groups in total. The van der Waals surface area contributed by atoms with E-state index in [9.17, 15) is 13.5 Å². The van der Waals surface area contributed by atoms with Crippen LogP contribution in [0.5, 0.6) is 0 Å². The average Bonchev–Trinajstić information content (AvgIpc) is 2.47. The Kier molecular flexibility index (Phi) is 5.82. The van der Waals surface area contributed by atoms with Crippen molar-refractivity contribution in [3.05, 3.63) is 28.2 Å². The molecule has 2 atom stereocenters. The second-order valence-corrected chi connectivity index (χ2v) is 8.22. The predicted octanol–water partition coefficient (Wildman–Crippen LogP) is 3.19. The number of benzene rings is 1. The van der Waals surface area contributed by atoms with Crippen LogP contribution < -0.4 is 4.72 Å². The molecule has 1 aromatic rings. The SMILES string of the molecule is CCC1CCCC(NS(=O)(=O)c2cc(CO)ccc2Br)C1. The van der Waals surface area contributed by atoms with E-state index in [1.807, 2.05) is 0 Å². The molecule has 2 unspecified atom stereocenters. The lowest BCUT2D eigenvalue weighted by molar-refractivity contribution is 0.281. The highest BCUT2D eigenvalue weighted by atomic mass is 79.9. The maximum Gasteiger partial charge on any atom is 0.241 e. The number of nitrogens with one attached hydrogen (secondary N) is 1. The molecule has 4 nitrogen and oxygen atoms in total. The molecular weight excluding hydrogens is 354 g/mol. The fraction of sp³-hybridized carbons (Fsp3) is 0.600. The number of sulfonamides is 1. The molecule has 1 aliphatic rings. The minimum Gasteiger partial charge on any atom is -0.392 e. The zero-order valence-electron chi connectivity index (χ0n) is 12.2. The number of halogens is 1. The number of hydrogen-bond donors (Lipinski definition) is 2. The lowest BCUT2D eigenvalue weighted by Gasteiger charge is -2.29. The summed E-state index contributed by atoms with van der Waals surface area (Å²) in [6.07, 6.45) is 5.17. The van der Waals surface area contributed by atoms with Gasteiger partial charge in [-0.1, -0.05) is 32.3 Å². The van der Waals surface area contributed by atoms with E-state index < -0.39 is 10.0 Å². The van der Waals surface area contributed by atoms with Gasteiger partial charge in [-0.2, -0.15) is 0 Å². The Balaban J connectivity index is 2.18. The van der Waals surface area contributed by atoms with E-state index in [0.717, 1.165) is 25.7 Å². The van der Waals surface area contributed by atoms with Crippen LogP contribution in [0.2, 0.25) is 0 Å². The maximum absolute atomic E-state index is 12.6. The van der Waals surface area contributed by atoms with Gasteiger partial charge in [0.05, 0.1) is 11.5 Å². The van der Waals surface area contributed by atoms with Crippen LogP contribution in [0, 0.1) is 5.92 Å². The first kappa shape index (κ1) is 16.9. The van der Waals surface area contributed by atoms with Crippen LogP contribution >= 0.6 is 15.9 Å². The number of aliphatic hydroxyl groups is 1. The maximum atomic E-state index is 12.6. The third-order valence-corrected chi connectivity index (χ3v) is 6.66. The second-order valence-electron chi connectivity index (χ2n) is 5.68. The largest absolute Gasteiger partial charge is 0.392 e. The summed E-state index contributed by atoms with van der Waals surface area (Å²) in [6.45, 7) is 1.99. The third kappa shape index (κ3) is 4.28. The summed E-state index contributed by atoms with van der Waals surface area (Å²) in [5, 5.41) is 9.18. The smallest absolute Gasteiger partial charge is 0.241 e. The lowest BCUT2D eigenvalue weighted by Crippen LogP contribution is -2.38. The molecule has 0 radical (unpaired) electrons. The quantitative estimate of drug-likeness (QED) is 0.830. The van der Waals surface area contributed by atoms with Crippen LogP contribution in [0.25, 0.3) is 0 Å². The monoisotopic (exact) mass is 375 g/mol. The summed E-state index contributed by atoms with van der Waals surface area (Å²) < 4.78 is 28.5. The van der Waals surface area contributed by atoms with Gasteiger partial charge in [0.25, 0.3) is 0 Å². The molecule has 118 valence electrons. The Morgan fingerprint density at radius 2 is 2.14 bits per heavy atom. The first-order chi connectivity index (χ1) is 9.96. The highest BCUT2D eigenvalue weighted by molar-refractivity contribution is 9.10. The van der Waals surface area contributed by atoms with Crippen LogP contribution in [-0.4, -0.2) is 19.6 Å². The first-order valence-electron chi connectivity index (χ1n) is 7.38. The van der Waals surface area contributed by atoms with Crippen LogP contribution in [-0.2, 0) is 16.6 Å². The Bertz CT molecular complexity index is 589. The molecule has 21 heavy (non-hydrogen) atoms. The van der Waals surface area contributed by atoms with E-state index in [0.29, 0.717) is 16.0 Å². The summed E-state index contributed by atoms with van der Waals surface area (Å²) in [6, 6.07) is 4.90. The Morgan fingerprint density at radius 1 is 1.38 bits per heavy atom. The second kappa shape index (κ2) is 7.22. The Morgan fingerprint density at radius 3 is 2.81 bits per heavy atom. The Hall–Kier alpha value is -0.430. The van der Waals surface area contributed by atoms with Gasteiger partial charge in [-0.25, -0.2) is 13.1 Å². The van der Waals surface area contributed by atoms with Gasteiger partial charge in [-0.05, 0) is 52.4 Å². The van der Waals surface area contributed by atoms with Gasteiger partial charge in [0, 0.05) is 10.5 Å². The number of hydrogen-bond acceptors (Lipinski definition) is 3. The van der Waals surface area contributed by atoms with E-state index in [4.69, 9.17) is 0 Å². The topological polar surface area (TPSA) is 66.4 Å². The highest BCUT2D eigenvalue weighted by Gasteiger charge is 2.27. The minimum atomic E-state index is -3.56. The van der Waals surface area contributed by atoms with Gasteiger partial charge >= 0.3 is 0 Å². The van der Waals surface area contributed by atoms with Crippen LogP contribution in [0.1, 0.15) is 44.6 Å². The van der Waals surface area contributed by atoms with Gasteiger partial charge < -0.3 is 5.11 Å². The van der Waals surface area contributed by atoms with Gasteiger partial charge in [0.2, 0.25) is 10.0 Å². The highest BCUT2D eigenvalue weighted by Crippen LogP contribution is 2.29. The summed E-state index contributed by atoms with van der Waals surface area (Å²) in [5.74, 6) is 0.610. The van der Waals surface area contributed by atoms with Gasteiger partial charge in [0.15, 0.2) is 0 Å². The molecule has 0 saturated heterocycles. The van der Waals surface area contributed by atoms with Crippen molar-refractivity contribution >= 4 is 26.0 Å². The van der Waals surface area contributed by atoms with E-state index in [1.165, 1.54) is 12.5 Å². The summed E-state index contributed by atoms with van der Waals surface area (Å²) in [4.78, 5) is 0.202. The lowest BCUT2D eigenvalue weighted by atomic mass is 9.85. The first-order valence-corrected chi connectivity index (χ1v) is 9.65. The average molecular weight is 376 g/mol. The zero-order valence-corrected chi connectivity index (χ0v) is 14.6. The van der Waals surface area contributed by atoms with Crippen molar-refractivity contribution in [2.45, 2.75) is 56.6 Å². The van der Waals surface area contributed by atoms with Crippen molar-refractivity contribution in [1.82, 2.24) is 4.72 Å². The van der Waals surface area contributed by atoms with Crippen LogP contribution in [0.15, 0.2) is 27.6 Å². The summed E-state index contributed by atoms with van der Waals surface area (Å²) >= 11 is 3.29. The normalized spacial score (nSPS) is 23.2. The van der Waals surface area contributed by atoms with Gasteiger partial charge in [-0.3, -0.25) is 0 Å². The van der Waals surface area contributed by atoms with Crippen molar-refractivity contribution in [3.8, 4) is 0 Å². The molecule has 2 rings (SSSR count). The van der Waals surface area contributed by atoms with Crippen molar-refractivity contribution in [2.24, 2.45) is 5.92 Å². The fourth-order valence-electron chi connectivity index (χ4n) is 2.90. The molecule has 0 aromatic heterocycles. The zero-order chi connectivity index (χ0) is 15.5. The van der Waals surface area contributed by atoms with E-state index >= 15 is 0 Å². The van der Waals surface area contributed by atoms with E-state index in [1.54, 1.807) is 12.1 Å². The van der Waals surface area contributed by atoms with Crippen LogP contribution in [0.3, 0.4) is 0 Å².